The maximum Gasteiger partial charge on any atom is 0.416 e. The van der Waals surface area contributed by atoms with E-state index in [1.807, 2.05) is 0 Å². The monoisotopic (exact) mass is 706 g/mol. The van der Waals surface area contributed by atoms with Gasteiger partial charge in [-0.25, -0.2) is 18.0 Å². The molecule has 0 aliphatic carbocycles. The number of hydrogen-bond donors (Lipinski definition) is 2. The Morgan fingerprint density at radius 3 is 2.46 bits per heavy atom. The van der Waals surface area contributed by atoms with Crippen LogP contribution >= 0.6 is 23.2 Å². The van der Waals surface area contributed by atoms with Gasteiger partial charge in [0.1, 0.15) is 5.60 Å². The number of halogens is 5. The van der Waals surface area contributed by atoms with Crippen LogP contribution in [0.1, 0.15) is 63.6 Å². The van der Waals surface area contributed by atoms with E-state index < -0.39 is 61.5 Å². The van der Waals surface area contributed by atoms with Crippen LogP contribution in [0.2, 0.25) is 10.0 Å². The Bertz CT molecular complexity index is 1870. The maximum absolute atomic E-state index is 14.5. The average Bonchev–Trinajstić information content (AvgIpc) is 2.91. The number of ether oxygens (including phenoxy) is 1. The highest BCUT2D eigenvalue weighted by atomic mass is 35.5. The van der Waals surface area contributed by atoms with Crippen molar-refractivity contribution in [3.8, 4) is 0 Å². The van der Waals surface area contributed by atoms with Crippen molar-refractivity contribution in [1.29, 1.82) is 0 Å². The number of sulfone groups is 1. The van der Waals surface area contributed by atoms with E-state index in [1.54, 1.807) is 32.6 Å². The number of rotatable bonds is 8. The van der Waals surface area contributed by atoms with Crippen molar-refractivity contribution in [3.05, 3.63) is 71.8 Å². The number of fused-ring (bicyclic) bond motifs is 1. The summed E-state index contributed by atoms with van der Waals surface area (Å²) in [4.78, 5) is 43.0. The van der Waals surface area contributed by atoms with Gasteiger partial charge in [0.2, 0.25) is 0 Å². The van der Waals surface area contributed by atoms with Crippen LogP contribution in [0.15, 0.2) is 38.8 Å². The minimum Gasteiger partial charge on any atom is -0.444 e. The number of nitrogens with zero attached hydrogens (tertiary/aromatic N) is 2. The number of alkyl carbamates (subject to hydrolysis) is 1. The zero-order chi connectivity index (χ0) is 34.2. The molecule has 2 heterocycles. The molecule has 3 aromatic rings. The molecule has 1 amide bonds. The Morgan fingerprint density at radius 1 is 1.13 bits per heavy atom. The van der Waals surface area contributed by atoms with Crippen LogP contribution in [0.5, 0.6) is 0 Å². The molecule has 0 unspecified atom stereocenters. The Hall–Kier alpha value is -3.07. The van der Waals surface area contributed by atoms with Gasteiger partial charge in [0, 0.05) is 24.2 Å². The summed E-state index contributed by atoms with van der Waals surface area (Å²) < 4.78 is 75.1. The van der Waals surface area contributed by atoms with Gasteiger partial charge in [-0.3, -0.25) is 14.3 Å². The van der Waals surface area contributed by atoms with Crippen LogP contribution in [0.25, 0.3) is 10.9 Å². The number of amides is 1. The molecule has 1 aliphatic rings. The second-order valence-electron chi connectivity index (χ2n) is 12.2. The number of aromatic amines is 1. The smallest absolute Gasteiger partial charge is 0.416 e. The Balaban J connectivity index is 1.74. The second-order valence-corrected chi connectivity index (χ2v) is 15.1. The number of likely N-dealkylation sites (tertiary alicyclic amines) is 1. The number of alkyl halides is 3. The molecule has 1 aromatic heterocycles. The molecule has 1 atom stereocenters. The molecule has 0 radical (unpaired) electrons. The third-order valence-electron chi connectivity index (χ3n) is 7.39. The normalized spacial score (nSPS) is 16.5. The second kappa shape index (κ2) is 13.6. The van der Waals surface area contributed by atoms with E-state index in [2.05, 4.69) is 10.3 Å². The first-order chi connectivity index (χ1) is 21.3. The SMILES string of the molecule is CCCS(=O)(=O)c1ccc(Cl)cc1Cn1c(=O)[nH]c2c(Cl)c(CN3CCC[C@@H](NC(=O)OC(C)(C)C)C3)c(C(F)(F)F)cc2c1=O. The molecule has 1 saturated heterocycles. The molecule has 252 valence electrons. The van der Waals surface area contributed by atoms with Crippen molar-refractivity contribution < 1.29 is 31.1 Å². The Morgan fingerprint density at radius 2 is 1.83 bits per heavy atom. The fourth-order valence-corrected chi connectivity index (χ4v) is 7.54. The van der Waals surface area contributed by atoms with Crippen molar-refractivity contribution >= 4 is 50.0 Å². The Kier molecular flexibility index (Phi) is 10.6. The zero-order valence-corrected chi connectivity index (χ0v) is 28.0. The van der Waals surface area contributed by atoms with Crippen LogP contribution < -0.4 is 16.6 Å². The fraction of sp³-hybridized carbons (Fsp3) is 0.500. The molecule has 1 fully saturated rings. The van der Waals surface area contributed by atoms with Crippen molar-refractivity contribution in [2.45, 2.75) is 82.8 Å². The number of nitrogens with one attached hydrogen (secondary N) is 2. The number of hydrogen-bond acceptors (Lipinski definition) is 7. The molecular formula is C30H35Cl2F3N4O6S. The number of benzene rings is 2. The van der Waals surface area contributed by atoms with E-state index in [0.29, 0.717) is 36.4 Å². The highest BCUT2D eigenvalue weighted by Gasteiger charge is 2.37. The summed E-state index contributed by atoms with van der Waals surface area (Å²) >= 11 is 12.6. The zero-order valence-electron chi connectivity index (χ0n) is 25.7. The first kappa shape index (κ1) is 35.8. The number of carbonyl (C=O) groups excluding carboxylic acids is 1. The molecule has 2 N–H and O–H groups in total. The first-order valence-electron chi connectivity index (χ1n) is 14.6. The van der Waals surface area contributed by atoms with Gasteiger partial charge in [0.15, 0.2) is 9.84 Å². The lowest BCUT2D eigenvalue weighted by molar-refractivity contribution is -0.138. The standard InChI is InChI=1S/C30H35Cl2F3N4O6S/c1-5-11-46(43,44)23-9-8-18(31)12-17(23)14-39-26(40)20-13-22(30(33,34)35)21(24(32)25(20)37-27(39)41)16-38-10-6-7-19(15-38)36-28(42)45-29(2,3)4/h8-9,12-13,19H,5-7,10-11,14-16H2,1-4H3,(H,36,42)(H,37,41)/t19-/m1/s1. The summed E-state index contributed by atoms with van der Waals surface area (Å²) in [5, 5.41) is 1.95. The summed E-state index contributed by atoms with van der Waals surface area (Å²) in [5.74, 6) is -0.202. The number of carbonyl (C=O) groups is 1. The van der Waals surface area contributed by atoms with Gasteiger partial charge in [-0.2, -0.15) is 13.2 Å². The molecule has 10 nitrogen and oxygen atoms in total. The predicted molar refractivity (Wildman–Crippen MR) is 169 cm³/mol. The van der Waals surface area contributed by atoms with Gasteiger partial charge in [0.25, 0.3) is 5.56 Å². The van der Waals surface area contributed by atoms with Crippen molar-refractivity contribution in [2.24, 2.45) is 0 Å². The number of piperidine rings is 1. The molecule has 2 aromatic carbocycles. The summed E-state index contributed by atoms with van der Waals surface area (Å²) in [5.41, 5.74) is -4.54. The summed E-state index contributed by atoms with van der Waals surface area (Å²) in [6, 6.07) is 4.18. The van der Waals surface area contributed by atoms with E-state index >= 15 is 0 Å². The largest absolute Gasteiger partial charge is 0.444 e. The van der Waals surface area contributed by atoms with Gasteiger partial charge in [-0.05, 0) is 82.0 Å². The molecule has 1 aliphatic heterocycles. The molecular weight excluding hydrogens is 672 g/mol. The highest BCUT2D eigenvalue weighted by molar-refractivity contribution is 7.91. The van der Waals surface area contributed by atoms with Crippen LogP contribution in [-0.4, -0.2) is 59.4 Å². The van der Waals surface area contributed by atoms with Crippen molar-refractivity contribution in [1.82, 2.24) is 19.8 Å². The number of aromatic nitrogens is 2. The number of H-pyrrole nitrogens is 1. The predicted octanol–water partition coefficient (Wildman–Crippen LogP) is 5.74. The molecule has 0 spiro atoms. The first-order valence-corrected chi connectivity index (χ1v) is 17.0. The van der Waals surface area contributed by atoms with E-state index in [4.69, 9.17) is 27.9 Å². The van der Waals surface area contributed by atoms with Gasteiger partial charge >= 0.3 is 18.0 Å². The topological polar surface area (TPSA) is 131 Å². The van der Waals surface area contributed by atoms with Gasteiger partial charge in [0.05, 0.1) is 38.7 Å². The average molecular weight is 708 g/mol. The summed E-state index contributed by atoms with van der Waals surface area (Å²) in [6.07, 6.45) is -4.08. The third kappa shape index (κ3) is 8.25. The molecule has 46 heavy (non-hydrogen) atoms. The molecule has 0 bridgehead atoms. The van der Waals surface area contributed by atoms with Gasteiger partial charge in [-0.1, -0.05) is 30.1 Å². The highest BCUT2D eigenvalue weighted by Crippen LogP contribution is 2.39. The summed E-state index contributed by atoms with van der Waals surface area (Å²) in [7, 11) is -3.81. The van der Waals surface area contributed by atoms with Crippen LogP contribution in [0, 0.1) is 0 Å². The van der Waals surface area contributed by atoms with Crippen molar-refractivity contribution in [2.75, 3.05) is 18.8 Å². The minimum atomic E-state index is -4.92. The fourth-order valence-electron chi connectivity index (χ4n) is 5.48. The van der Waals surface area contributed by atoms with E-state index in [1.165, 1.54) is 18.2 Å². The van der Waals surface area contributed by atoms with Crippen LogP contribution in [-0.2, 0) is 33.8 Å². The van der Waals surface area contributed by atoms with Gasteiger partial charge in [-0.15, -0.1) is 0 Å². The van der Waals surface area contributed by atoms with E-state index in [-0.39, 0.29) is 51.4 Å². The summed E-state index contributed by atoms with van der Waals surface area (Å²) in [6.45, 7) is 6.60. The lowest BCUT2D eigenvalue weighted by Crippen LogP contribution is -2.48. The quantitative estimate of drug-likeness (QED) is 0.306. The molecule has 16 heteroatoms. The molecule has 4 rings (SSSR count). The minimum absolute atomic E-state index is 0.0336. The van der Waals surface area contributed by atoms with Crippen molar-refractivity contribution in [3.63, 3.8) is 0 Å². The Labute approximate surface area is 273 Å². The third-order valence-corrected chi connectivity index (χ3v) is 10.1. The van der Waals surface area contributed by atoms with E-state index in [0.717, 1.165) is 0 Å². The van der Waals surface area contributed by atoms with E-state index in [9.17, 15) is 36.0 Å². The lowest BCUT2D eigenvalue weighted by atomic mass is 10.0. The van der Waals surface area contributed by atoms with Gasteiger partial charge < -0.3 is 15.0 Å². The van der Waals surface area contributed by atoms with Crippen LogP contribution in [0.4, 0.5) is 18.0 Å². The lowest BCUT2D eigenvalue weighted by Gasteiger charge is -2.34. The van der Waals surface area contributed by atoms with Crippen LogP contribution in [0.3, 0.4) is 0 Å². The molecule has 0 saturated carbocycles. The maximum atomic E-state index is 14.5.